The highest BCUT2D eigenvalue weighted by molar-refractivity contribution is 5.81. The molecule has 25 heavy (non-hydrogen) atoms. The number of anilines is 1. The van der Waals surface area contributed by atoms with E-state index in [4.69, 9.17) is 10.7 Å². The van der Waals surface area contributed by atoms with Crippen LogP contribution in [0.2, 0.25) is 0 Å². The Kier molecular flexibility index (Phi) is 4.89. The number of carbonyl (C=O) groups excluding carboxylic acids is 1. The summed E-state index contributed by atoms with van der Waals surface area (Å²) in [6, 6.07) is 1.75. The average molecular weight is 343 g/mol. The molecule has 3 heterocycles. The lowest BCUT2D eigenvalue weighted by Gasteiger charge is -2.28. The molecule has 1 fully saturated rings. The predicted octanol–water partition coefficient (Wildman–Crippen LogP) is 0.473. The predicted molar refractivity (Wildman–Crippen MR) is 97.9 cm³/mol. The van der Waals surface area contributed by atoms with Crippen molar-refractivity contribution in [1.82, 2.24) is 30.5 Å². The van der Waals surface area contributed by atoms with E-state index >= 15 is 0 Å². The molecule has 1 saturated heterocycles. The summed E-state index contributed by atoms with van der Waals surface area (Å²) in [7, 11) is 3.52. The number of hydrogen-bond acceptors (Lipinski definition) is 6. The number of allylic oxidation sites excluding steroid dienone is 1. The zero-order valence-electron chi connectivity index (χ0n) is 14.8. The van der Waals surface area contributed by atoms with Crippen molar-refractivity contribution >= 4 is 22.9 Å². The first-order valence-electron chi connectivity index (χ1n) is 8.48. The molecule has 8 heteroatoms. The van der Waals surface area contributed by atoms with Crippen LogP contribution in [0.5, 0.6) is 0 Å². The zero-order chi connectivity index (χ0) is 18.0. The first kappa shape index (κ1) is 17.2. The summed E-state index contributed by atoms with van der Waals surface area (Å²) in [4.78, 5) is 16.6. The number of nitrogens with one attached hydrogen (secondary N) is 3. The molecule has 5 N–H and O–H groups in total. The molecular weight excluding hydrogens is 318 g/mol. The van der Waals surface area contributed by atoms with Crippen molar-refractivity contribution < 1.29 is 4.79 Å². The minimum absolute atomic E-state index is 0.0345. The van der Waals surface area contributed by atoms with E-state index in [9.17, 15) is 4.79 Å². The topological polar surface area (TPSA) is 109 Å². The van der Waals surface area contributed by atoms with E-state index in [0.29, 0.717) is 12.4 Å². The number of aromatic nitrogens is 3. The van der Waals surface area contributed by atoms with Crippen molar-refractivity contribution in [2.45, 2.75) is 31.7 Å². The van der Waals surface area contributed by atoms with Crippen LogP contribution in [0.25, 0.3) is 11.2 Å². The molecule has 2 aromatic heterocycles. The van der Waals surface area contributed by atoms with E-state index in [1.54, 1.807) is 17.8 Å². The number of nitrogens with two attached hydrogens (primary N) is 1. The van der Waals surface area contributed by atoms with Crippen LogP contribution in [0.4, 0.5) is 5.82 Å². The Bertz CT molecular complexity index is 803. The molecule has 0 bridgehead atoms. The average Bonchev–Trinajstić information content (AvgIpc) is 3.06. The third-order valence-electron chi connectivity index (χ3n) is 4.70. The Morgan fingerprint density at radius 3 is 2.88 bits per heavy atom. The third-order valence-corrected chi connectivity index (χ3v) is 4.70. The molecule has 0 aromatic carbocycles. The molecule has 0 spiro atoms. The number of nitrogens with zero attached hydrogens (tertiary/aromatic N) is 3. The summed E-state index contributed by atoms with van der Waals surface area (Å²) in [5.74, 6) is 0.828. The van der Waals surface area contributed by atoms with Gasteiger partial charge in [0, 0.05) is 38.2 Å². The number of hydrogen-bond donors (Lipinski definition) is 4. The second-order valence-corrected chi connectivity index (χ2v) is 6.36. The summed E-state index contributed by atoms with van der Waals surface area (Å²) in [5.41, 5.74) is 9.88. The van der Waals surface area contributed by atoms with Gasteiger partial charge in [-0.1, -0.05) is 0 Å². The van der Waals surface area contributed by atoms with Crippen LogP contribution < -0.4 is 21.7 Å². The Morgan fingerprint density at radius 1 is 1.44 bits per heavy atom. The van der Waals surface area contributed by atoms with Gasteiger partial charge in [-0.25, -0.2) is 4.98 Å². The van der Waals surface area contributed by atoms with Crippen molar-refractivity contribution in [3.05, 3.63) is 29.7 Å². The molecule has 2 aromatic rings. The van der Waals surface area contributed by atoms with Crippen LogP contribution in [0.1, 0.15) is 36.9 Å². The Hall–Kier alpha value is -2.61. The maximum atomic E-state index is 11.8. The van der Waals surface area contributed by atoms with Crippen molar-refractivity contribution in [1.29, 1.82) is 0 Å². The minimum Gasteiger partial charge on any atom is -0.394 e. The largest absolute Gasteiger partial charge is 0.394 e. The van der Waals surface area contributed by atoms with Gasteiger partial charge in [-0.05, 0) is 31.5 Å². The van der Waals surface area contributed by atoms with Gasteiger partial charge in [0.25, 0.3) is 0 Å². The molecule has 134 valence electrons. The normalized spacial score (nSPS) is 21.3. The van der Waals surface area contributed by atoms with Crippen LogP contribution in [0.3, 0.4) is 0 Å². The Morgan fingerprint density at radius 2 is 2.24 bits per heavy atom. The molecule has 1 aliphatic rings. The van der Waals surface area contributed by atoms with E-state index < -0.39 is 0 Å². The van der Waals surface area contributed by atoms with E-state index in [1.807, 2.05) is 26.2 Å². The fraction of sp³-hybridized carbons (Fsp3) is 0.471. The fourth-order valence-corrected chi connectivity index (χ4v) is 3.29. The molecule has 3 rings (SSSR count). The first-order valence-corrected chi connectivity index (χ1v) is 8.48. The maximum Gasteiger partial charge on any atom is 0.236 e. The molecule has 8 nitrogen and oxygen atoms in total. The first-order chi connectivity index (χ1) is 12.0. The Labute approximate surface area is 146 Å². The summed E-state index contributed by atoms with van der Waals surface area (Å²) >= 11 is 0. The number of nitrogen functional groups attached to an aromatic ring is 1. The monoisotopic (exact) mass is 343 g/mol. The number of amides is 1. The van der Waals surface area contributed by atoms with E-state index in [2.05, 4.69) is 21.0 Å². The SMILES string of the molecule is CN/C=C(\C)c1cnn2c(N)cc([C@H]3CC[C@@H](C(=O)NC)NC3)nc12. The molecule has 0 radical (unpaired) electrons. The van der Waals surface area contributed by atoms with Crippen molar-refractivity contribution in [3.8, 4) is 0 Å². The van der Waals surface area contributed by atoms with Crippen LogP contribution >= 0.6 is 0 Å². The van der Waals surface area contributed by atoms with Crippen molar-refractivity contribution in [2.75, 3.05) is 26.4 Å². The molecule has 2 atom stereocenters. The smallest absolute Gasteiger partial charge is 0.236 e. The Balaban J connectivity index is 1.89. The van der Waals surface area contributed by atoms with Crippen LogP contribution in [-0.2, 0) is 4.79 Å². The van der Waals surface area contributed by atoms with Crippen LogP contribution in [0, 0.1) is 0 Å². The lowest BCUT2D eigenvalue weighted by molar-refractivity contribution is -0.123. The van der Waals surface area contributed by atoms with Gasteiger partial charge in [0.05, 0.1) is 17.9 Å². The summed E-state index contributed by atoms with van der Waals surface area (Å²) in [6.45, 7) is 2.71. The molecule has 1 aliphatic heterocycles. The summed E-state index contributed by atoms with van der Waals surface area (Å²) in [6.07, 6.45) is 5.37. The molecule has 0 aliphatic carbocycles. The fourth-order valence-electron chi connectivity index (χ4n) is 3.29. The second-order valence-electron chi connectivity index (χ2n) is 6.36. The maximum absolute atomic E-state index is 11.8. The molecule has 0 saturated carbocycles. The van der Waals surface area contributed by atoms with Crippen LogP contribution in [0.15, 0.2) is 18.5 Å². The van der Waals surface area contributed by atoms with Gasteiger partial charge < -0.3 is 21.7 Å². The van der Waals surface area contributed by atoms with Gasteiger partial charge in [0.2, 0.25) is 5.91 Å². The van der Waals surface area contributed by atoms with Gasteiger partial charge in [0.15, 0.2) is 5.65 Å². The summed E-state index contributed by atoms with van der Waals surface area (Å²) in [5, 5.41) is 13.4. The molecule has 1 amide bonds. The molecule has 0 unspecified atom stereocenters. The van der Waals surface area contributed by atoms with Gasteiger partial charge in [-0.2, -0.15) is 9.61 Å². The third kappa shape index (κ3) is 3.30. The second kappa shape index (κ2) is 7.10. The highest BCUT2D eigenvalue weighted by Crippen LogP contribution is 2.28. The van der Waals surface area contributed by atoms with Crippen molar-refractivity contribution in [3.63, 3.8) is 0 Å². The van der Waals surface area contributed by atoms with Crippen LogP contribution in [-0.4, -0.2) is 47.2 Å². The lowest BCUT2D eigenvalue weighted by atomic mass is 9.91. The summed E-state index contributed by atoms with van der Waals surface area (Å²) < 4.78 is 1.66. The zero-order valence-corrected chi connectivity index (χ0v) is 14.8. The van der Waals surface area contributed by atoms with Gasteiger partial charge >= 0.3 is 0 Å². The van der Waals surface area contributed by atoms with Gasteiger partial charge in [-0.15, -0.1) is 0 Å². The van der Waals surface area contributed by atoms with Gasteiger partial charge in [0.1, 0.15) is 5.82 Å². The number of likely N-dealkylation sites (N-methyl/N-ethyl adjacent to an activating group) is 1. The minimum atomic E-state index is -0.131. The van der Waals surface area contributed by atoms with E-state index in [0.717, 1.165) is 35.3 Å². The van der Waals surface area contributed by atoms with Crippen molar-refractivity contribution in [2.24, 2.45) is 0 Å². The number of fused-ring (bicyclic) bond motifs is 1. The van der Waals surface area contributed by atoms with E-state index in [-0.39, 0.29) is 17.9 Å². The lowest BCUT2D eigenvalue weighted by Crippen LogP contribution is -2.47. The number of rotatable bonds is 4. The highest BCUT2D eigenvalue weighted by atomic mass is 16.2. The highest BCUT2D eigenvalue weighted by Gasteiger charge is 2.27. The number of piperidine rings is 1. The van der Waals surface area contributed by atoms with E-state index in [1.165, 1.54) is 0 Å². The number of carbonyl (C=O) groups is 1. The quantitative estimate of drug-likeness (QED) is 0.643. The molecular formula is C17H25N7O. The van der Waals surface area contributed by atoms with Gasteiger partial charge in [-0.3, -0.25) is 4.79 Å². The standard InChI is InChI=1S/C17H25N7O/c1-10(7-19-2)12-9-22-24-15(18)6-14(23-16(12)24)11-4-5-13(21-8-11)17(25)20-3/h6-7,9,11,13,19,21H,4-5,8,18H2,1-3H3,(H,20,25)/b10-7+/t11-,13-/m0/s1.